The summed E-state index contributed by atoms with van der Waals surface area (Å²) in [5.74, 6) is -1.08. The van der Waals surface area contributed by atoms with Gasteiger partial charge in [0.2, 0.25) is 0 Å². The van der Waals surface area contributed by atoms with E-state index < -0.39 is 5.82 Å². The minimum atomic E-state index is -0.501. The van der Waals surface area contributed by atoms with E-state index in [0.29, 0.717) is 4.47 Å². The Labute approximate surface area is 89.2 Å². The molecule has 0 aromatic heterocycles. The Bertz CT molecular complexity index is 388. The molecule has 0 N–H and O–H groups in total. The molecule has 74 valence electrons. The molecule has 0 saturated heterocycles. The lowest BCUT2D eigenvalue weighted by atomic mass is 10.1. The average Bonchev–Trinajstić information content (AvgIpc) is 2.08. The maximum Gasteiger partial charge on any atom is 0.170 e. The van der Waals surface area contributed by atoms with Gasteiger partial charge in [0.05, 0.1) is 10.9 Å². The zero-order valence-corrected chi connectivity index (χ0v) is 9.10. The fraction of sp³-hybridized carbons (Fsp3) is 0.200. The lowest BCUT2D eigenvalue weighted by Gasteiger charge is -1.99. The van der Waals surface area contributed by atoms with Gasteiger partial charge in [-0.15, -0.1) is 0 Å². The van der Waals surface area contributed by atoms with E-state index in [-0.39, 0.29) is 23.6 Å². The van der Waals surface area contributed by atoms with Crippen LogP contribution in [0.25, 0.3) is 0 Å². The van der Waals surface area contributed by atoms with Gasteiger partial charge < -0.3 is 0 Å². The van der Waals surface area contributed by atoms with Crippen molar-refractivity contribution in [2.75, 3.05) is 0 Å². The number of carbonyl (C=O) groups is 2. The summed E-state index contributed by atoms with van der Waals surface area (Å²) in [6, 6.07) is 4.05. The number of halogens is 2. The molecule has 0 unspecified atom stereocenters. The zero-order chi connectivity index (χ0) is 10.7. The Morgan fingerprint density at radius 1 is 1.43 bits per heavy atom. The number of hydrogen-bond acceptors (Lipinski definition) is 2. The van der Waals surface area contributed by atoms with Gasteiger partial charge in [-0.1, -0.05) is 6.07 Å². The van der Waals surface area contributed by atoms with E-state index in [4.69, 9.17) is 0 Å². The van der Waals surface area contributed by atoms with E-state index in [1.807, 2.05) is 0 Å². The van der Waals surface area contributed by atoms with Gasteiger partial charge in [0.25, 0.3) is 0 Å². The highest BCUT2D eigenvalue weighted by Crippen LogP contribution is 2.17. The molecule has 0 amide bonds. The van der Waals surface area contributed by atoms with Gasteiger partial charge in [-0.25, -0.2) is 4.39 Å². The lowest BCUT2D eigenvalue weighted by Crippen LogP contribution is -2.05. The number of carbonyl (C=O) groups excluding carboxylic acids is 2. The lowest BCUT2D eigenvalue weighted by molar-refractivity contribution is -0.116. The number of hydrogen-bond donors (Lipinski definition) is 0. The van der Waals surface area contributed by atoms with E-state index in [1.165, 1.54) is 19.1 Å². The second-order valence-corrected chi connectivity index (χ2v) is 3.79. The summed E-state index contributed by atoms with van der Waals surface area (Å²) in [4.78, 5) is 22.0. The summed E-state index contributed by atoms with van der Waals surface area (Å²) >= 11 is 2.98. The summed E-state index contributed by atoms with van der Waals surface area (Å²) in [7, 11) is 0. The van der Waals surface area contributed by atoms with Crippen LogP contribution in [0, 0.1) is 5.82 Å². The highest BCUT2D eigenvalue weighted by molar-refractivity contribution is 9.10. The van der Waals surface area contributed by atoms with Gasteiger partial charge in [0.15, 0.2) is 5.78 Å². The first-order chi connectivity index (χ1) is 6.50. The van der Waals surface area contributed by atoms with E-state index in [2.05, 4.69) is 15.9 Å². The molecular formula is C10H8BrFO2. The number of ketones is 2. The third kappa shape index (κ3) is 2.73. The summed E-state index contributed by atoms with van der Waals surface area (Å²) < 4.78 is 13.3. The predicted octanol–water partition coefficient (Wildman–Crippen LogP) is 2.75. The Kier molecular flexibility index (Phi) is 3.52. The van der Waals surface area contributed by atoms with Gasteiger partial charge in [-0.3, -0.25) is 9.59 Å². The normalized spacial score (nSPS) is 9.93. The van der Waals surface area contributed by atoms with Gasteiger partial charge in [0, 0.05) is 5.56 Å². The SMILES string of the molecule is CC(=O)CC(=O)c1ccc(Br)c(F)c1. The standard InChI is InChI=1S/C10H8BrFO2/c1-6(13)4-10(14)7-2-3-8(11)9(12)5-7/h2-3,5H,4H2,1H3. The van der Waals surface area contributed by atoms with Crippen molar-refractivity contribution in [1.82, 2.24) is 0 Å². The van der Waals surface area contributed by atoms with E-state index >= 15 is 0 Å². The van der Waals surface area contributed by atoms with Gasteiger partial charge >= 0.3 is 0 Å². The topological polar surface area (TPSA) is 34.1 Å². The molecule has 2 nitrogen and oxygen atoms in total. The minimum absolute atomic E-state index is 0.179. The largest absolute Gasteiger partial charge is 0.300 e. The zero-order valence-electron chi connectivity index (χ0n) is 7.51. The van der Waals surface area contributed by atoms with Crippen molar-refractivity contribution in [2.24, 2.45) is 0 Å². The van der Waals surface area contributed by atoms with E-state index in [9.17, 15) is 14.0 Å². The first-order valence-electron chi connectivity index (χ1n) is 3.98. The molecule has 0 bridgehead atoms. The molecule has 0 saturated carbocycles. The molecule has 4 heteroatoms. The Morgan fingerprint density at radius 3 is 2.57 bits per heavy atom. The number of benzene rings is 1. The van der Waals surface area contributed by atoms with Gasteiger partial charge in [-0.05, 0) is 35.0 Å². The predicted molar refractivity (Wildman–Crippen MR) is 53.7 cm³/mol. The summed E-state index contributed by atoms with van der Waals surface area (Å²) in [5.41, 5.74) is 0.223. The van der Waals surface area contributed by atoms with Crippen LogP contribution in [0.1, 0.15) is 23.7 Å². The van der Waals surface area contributed by atoms with Crippen LogP contribution in [-0.2, 0) is 4.79 Å². The number of rotatable bonds is 3. The van der Waals surface area contributed by atoms with E-state index in [0.717, 1.165) is 6.07 Å². The van der Waals surface area contributed by atoms with Gasteiger partial charge in [-0.2, -0.15) is 0 Å². The van der Waals surface area contributed by atoms with Crippen LogP contribution in [0.15, 0.2) is 22.7 Å². The Hall–Kier alpha value is -1.03. The van der Waals surface area contributed by atoms with Crippen LogP contribution >= 0.6 is 15.9 Å². The molecule has 1 aromatic carbocycles. The van der Waals surface area contributed by atoms with Gasteiger partial charge in [0.1, 0.15) is 11.6 Å². The van der Waals surface area contributed by atoms with Crippen molar-refractivity contribution in [3.63, 3.8) is 0 Å². The molecule has 1 aromatic rings. The third-order valence-electron chi connectivity index (χ3n) is 1.65. The van der Waals surface area contributed by atoms with Crippen LogP contribution in [0.2, 0.25) is 0 Å². The molecule has 1 rings (SSSR count). The van der Waals surface area contributed by atoms with Crippen molar-refractivity contribution in [3.8, 4) is 0 Å². The summed E-state index contributed by atoms with van der Waals surface area (Å²) in [6.07, 6.45) is -0.179. The molecule has 0 aliphatic heterocycles. The molecule has 0 radical (unpaired) electrons. The first kappa shape index (κ1) is 11.0. The second-order valence-electron chi connectivity index (χ2n) is 2.93. The molecule has 0 aliphatic rings. The minimum Gasteiger partial charge on any atom is -0.300 e. The molecule has 0 heterocycles. The number of Topliss-reactive ketones (excluding diaryl/α,β-unsaturated/α-hetero) is 2. The van der Waals surface area contributed by atoms with Crippen molar-refractivity contribution in [1.29, 1.82) is 0 Å². The van der Waals surface area contributed by atoms with Crippen LogP contribution in [0.4, 0.5) is 4.39 Å². The maximum atomic E-state index is 13.0. The summed E-state index contributed by atoms with van der Waals surface area (Å²) in [6.45, 7) is 1.33. The monoisotopic (exact) mass is 258 g/mol. The highest BCUT2D eigenvalue weighted by atomic mass is 79.9. The molecule has 0 fully saturated rings. The summed E-state index contributed by atoms with van der Waals surface area (Å²) in [5, 5.41) is 0. The van der Waals surface area contributed by atoms with Crippen molar-refractivity contribution < 1.29 is 14.0 Å². The quantitative estimate of drug-likeness (QED) is 0.617. The molecular weight excluding hydrogens is 251 g/mol. The Balaban J connectivity index is 2.91. The third-order valence-corrected chi connectivity index (χ3v) is 2.29. The first-order valence-corrected chi connectivity index (χ1v) is 4.77. The molecule has 0 spiro atoms. The van der Waals surface area contributed by atoms with Crippen LogP contribution < -0.4 is 0 Å². The second kappa shape index (κ2) is 4.46. The maximum absolute atomic E-state index is 13.0. The smallest absolute Gasteiger partial charge is 0.170 e. The van der Waals surface area contributed by atoms with Crippen LogP contribution in [0.5, 0.6) is 0 Å². The van der Waals surface area contributed by atoms with Crippen molar-refractivity contribution in [2.45, 2.75) is 13.3 Å². The van der Waals surface area contributed by atoms with Crippen molar-refractivity contribution >= 4 is 27.5 Å². The highest BCUT2D eigenvalue weighted by Gasteiger charge is 2.10. The van der Waals surface area contributed by atoms with Crippen molar-refractivity contribution in [3.05, 3.63) is 34.1 Å². The van der Waals surface area contributed by atoms with Crippen LogP contribution in [0.3, 0.4) is 0 Å². The Morgan fingerprint density at radius 2 is 2.07 bits per heavy atom. The molecule has 0 aliphatic carbocycles. The fourth-order valence-corrected chi connectivity index (χ4v) is 1.24. The van der Waals surface area contributed by atoms with Crippen LogP contribution in [-0.4, -0.2) is 11.6 Å². The van der Waals surface area contributed by atoms with E-state index in [1.54, 1.807) is 0 Å². The fourth-order valence-electron chi connectivity index (χ4n) is 0.998. The average molecular weight is 259 g/mol. The molecule has 0 atom stereocenters. The molecule has 14 heavy (non-hydrogen) atoms.